The maximum absolute atomic E-state index is 13.5. The van der Waals surface area contributed by atoms with Crippen molar-refractivity contribution < 1.29 is 32.6 Å². The standard InChI is InChI=1S/C22H18F3N3O4/c1-12-8-14(4-5-16(12)20(29)30)27-18-6-7-32-11-19(18)28(21(27)31)15-3-2-13(10-26)17(9-15)22(23,24)25/h2-5,8-9,18-19H,6-7,11H2,1H3,(H,29,30)/t18-,19-/m0/s1. The molecule has 0 radical (unpaired) electrons. The summed E-state index contributed by atoms with van der Waals surface area (Å²) in [6.45, 7) is 2.13. The summed E-state index contributed by atoms with van der Waals surface area (Å²) in [5.41, 5.74) is -0.602. The summed E-state index contributed by atoms with van der Waals surface area (Å²) >= 11 is 0. The van der Waals surface area contributed by atoms with Gasteiger partial charge in [0.25, 0.3) is 0 Å². The topological polar surface area (TPSA) is 93.9 Å². The largest absolute Gasteiger partial charge is 0.478 e. The number of hydrogen-bond acceptors (Lipinski definition) is 4. The quantitative estimate of drug-likeness (QED) is 0.765. The number of anilines is 2. The zero-order valence-corrected chi connectivity index (χ0v) is 16.9. The third-order valence-electron chi connectivity index (χ3n) is 5.79. The molecule has 0 saturated carbocycles. The number of carboxylic acid groups (broad SMARTS) is 1. The second-order valence-electron chi connectivity index (χ2n) is 7.66. The number of fused-ring (bicyclic) bond motifs is 1. The van der Waals surface area contributed by atoms with Crippen LogP contribution in [0.3, 0.4) is 0 Å². The molecule has 4 rings (SSSR count). The lowest BCUT2D eigenvalue weighted by Gasteiger charge is -2.32. The van der Waals surface area contributed by atoms with Gasteiger partial charge in [-0.25, -0.2) is 9.59 Å². The molecule has 32 heavy (non-hydrogen) atoms. The second kappa shape index (κ2) is 7.84. The van der Waals surface area contributed by atoms with Crippen LogP contribution in [0.4, 0.5) is 29.3 Å². The molecule has 2 fully saturated rings. The molecule has 2 heterocycles. The third kappa shape index (κ3) is 3.54. The number of nitriles is 1. The van der Waals surface area contributed by atoms with Gasteiger partial charge in [-0.15, -0.1) is 0 Å². The Kier molecular flexibility index (Phi) is 5.30. The highest BCUT2D eigenvalue weighted by Crippen LogP contribution is 2.40. The van der Waals surface area contributed by atoms with Crippen molar-refractivity contribution in [1.82, 2.24) is 0 Å². The Balaban J connectivity index is 1.79. The molecule has 0 aliphatic carbocycles. The minimum atomic E-state index is -4.75. The lowest BCUT2D eigenvalue weighted by atomic mass is 10.0. The number of halogens is 3. The van der Waals surface area contributed by atoms with E-state index in [0.717, 1.165) is 12.1 Å². The Hall–Kier alpha value is -3.58. The van der Waals surface area contributed by atoms with Gasteiger partial charge in [-0.1, -0.05) is 0 Å². The van der Waals surface area contributed by atoms with E-state index in [9.17, 15) is 27.9 Å². The molecule has 7 nitrogen and oxygen atoms in total. The number of aryl methyl sites for hydroxylation is 1. The highest BCUT2D eigenvalue weighted by atomic mass is 19.4. The highest BCUT2D eigenvalue weighted by Gasteiger charge is 2.49. The summed E-state index contributed by atoms with van der Waals surface area (Å²) in [5.74, 6) is -1.09. The molecular weight excluding hydrogens is 427 g/mol. The fraction of sp³-hybridized carbons (Fsp3) is 0.318. The minimum Gasteiger partial charge on any atom is -0.478 e. The fourth-order valence-corrected chi connectivity index (χ4v) is 4.31. The summed E-state index contributed by atoms with van der Waals surface area (Å²) in [4.78, 5) is 27.5. The van der Waals surface area contributed by atoms with Crippen LogP contribution >= 0.6 is 0 Å². The number of carbonyl (C=O) groups is 2. The number of rotatable bonds is 3. The number of urea groups is 1. The van der Waals surface area contributed by atoms with Gasteiger partial charge in [0.1, 0.15) is 0 Å². The summed E-state index contributed by atoms with van der Waals surface area (Å²) in [6, 6.07) is 7.78. The lowest BCUT2D eigenvalue weighted by Crippen LogP contribution is -2.45. The first-order valence-electron chi connectivity index (χ1n) is 9.79. The van der Waals surface area contributed by atoms with Crippen molar-refractivity contribution in [2.24, 2.45) is 0 Å². The van der Waals surface area contributed by atoms with Crippen LogP contribution in [-0.2, 0) is 10.9 Å². The van der Waals surface area contributed by atoms with E-state index in [4.69, 9.17) is 10.00 Å². The second-order valence-corrected chi connectivity index (χ2v) is 7.66. The van der Waals surface area contributed by atoms with Crippen molar-refractivity contribution >= 4 is 23.4 Å². The molecule has 0 bridgehead atoms. The van der Waals surface area contributed by atoms with Gasteiger partial charge in [-0.05, 0) is 55.3 Å². The van der Waals surface area contributed by atoms with Gasteiger partial charge in [-0.2, -0.15) is 18.4 Å². The molecule has 0 aromatic heterocycles. The van der Waals surface area contributed by atoms with Crippen LogP contribution in [-0.4, -0.2) is 42.4 Å². The van der Waals surface area contributed by atoms with E-state index in [2.05, 4.69) is 0 Å². The van der Waals surface area contributed by atoms with Crippen molar-refractivity contribution in [3.63, 3.8) is 0 Å². The fourth-order valence-electron chi connectivity index (χ4n) is 4.31. The molecule has 2 aliphatic rings. The summed E-state index contributed by atoms with van der Waals surface area (Å²) in [7, 11) is 0. The van der Waals surface area contributed by atoms with E-state index in [1.54, 1.807) is 13.0 Å². The average Bonchev–Trinajstić information content (AvgIpc) is 3.04. The molecule has 166 valence electrons. The number of nitrogens with zero attached hydrogens (tertiary/aromatic N) is 3. The van der Waals surface area contributed by atoms with E-state index in [-0.39, 0.29) is 23.9 Å². The van der Waals surface area contributed by atoms with Gasteiger partial charge in [-0.3, -0.25) is 9.80 Å². The number of amides is 2. The van der Waals surface area contributed by atoms with Gasteiger partial charge in [0.15, 0.2) is 0 Å². The maximum atomic E-state index is 13.5. The van der Waals surface area contributed by atoms with Gasteiger partial charge >= 0.3 is 18.2 Å². The number of carboxylic acids is 1. The number of benzene rings is 2. The molecule has 1 N–H and O–H groups in total. The van der Waals surface area contributed by atoms with Crippen LogP contribution in [0.1, 0.15) is 33.5 Å². The summed E-state index contributed by atoms with van der Waals surface area (Å²) in [6.07, 6.45) is -4.29. The molecule has 10 heteroatoms. The Morgan fingerprint density at radius 2 is 1.81 bits per heavy atom. The van der Waals surface area contributed by atoms with Crippen molar-refractivity contribution in [2.75, 3.05) is 23.0 Å². The van der Waals surface area contributed by atoms with Crippen LogP contribution < -0.4 is 9.80 Å². The average molecular weight is 445 g/mol. The predicted octanol–water partition coefficient (Wildman–Crippen LogP) is 4.19. The first-order chi connectivity index (χ1) is 15.1. The number of ether oxygens (including phenoxy) is 1. The Morgan fingerprint density at radius 1 is 1.16 bits per heavy atom. The van der Waals surface area contributed by atoms with Crippen LogP contribution in [0, 0.1) is 18.3 Å². The van der Waals surface area contributed by atoms with E-state index in [0.29, 0.717) is 24.3 Å². The van der Waals surface area contributed by atoms with Crippen LogP contribution in [0.2, 0.25) is 0 Å². The van der Waals surface area contributed by atoms with Crippen LogP contribution in [0.15, 0.2) is 36.4 Å². The van der Waals surface area contributed by atoms with Gasteiger partial charge < -0.3 is 9.84 Å². The van der Waals surface area contributed by atoms with E-state index < -0.39 is 35.3 Å². The van der Waals surface area contributed by atoms with E-state index in [1.165, 1.54) is 34.1 Å². The van der Waals surface area contributed by atoms with Crippen LogP contribution in [0.5, 0.6) is 0 Å². The molecule has 2 aromatic rings. The van der Waals surface area contributed by atoms with Crippen molar-refractivity contribution in [3.8, 4) is 6.07 Å². The van der Waals surface area contributed by atoms with Gasteiger partial charge in [0.2, 0.25) is 0 Å². The monoisotopic (exact) mass is 445 g/mol. The summed E-state index contributed by atoms with van der Waals surface area (Å²) < 4.78 is 46.0. The lowest BCUT2D eigenvalue weighted by molar-refractivity contribution is -0.137. The first-order valence-corrected chi connectivity index (χ1v) is 9.79. The minimum absolute atomic E-state index is 0.0169. The van der Waals surface area contributed by atoms with Crippen molar-refractivity contribution in [1.29, 1.82) is 5.26 Å². The number of hydrogen-bond donors (Lipinski definition) is 1. The molecule has 2 aromatic carbocycles. The molecule has 0 spiro atoms. The zero-order valence-electron chi connectivity index (χ0n) is 16.9. The van der Waals surface area contributed by atoms with Crippen molar-refractivity contribution in [3.05, 3.63) is 58.7 Å². The summed E-state index contributed by atoms with van der Waals surface area (Å²) in [5, 5.41) is 18.3. The van der Waals surface area contributed by atoms with Gasteiger partial charge in [0.05, 0.1) is 41.5 Å². The number of alkyl halides is 3. The number of carbonyl (C=O) groups excluding carboxylic acids is 1. The first kappa shape index (κ1) is 21.6. The molecular formula is C22H18F3N3O4. The highest BCUT2D eigenvalue weighted by molar-refractivity contribution is 6.08. The van der Waals surface area contributed by atoms with E-state index >= 15 is 0 Å². The third-order valence-corrected chi connectivity index (χ3v) is 5.79. The number of aromatic carboxylic acids is 1. The zero-order chi connectivity index (χ0) is 23.2. The molecule has 2 saturated heterocycles. The predicted molar refractivity (Wildman–Crippen MR) is 108 cm³/mol. The molecule has 2 amide bonds. The van der Waals surface area contributed by atoms with Crippen molar-refractivity contribution in [2.45, 2.75) is 31.6 Å². The Morgan fingerprint density at radius 3 is 2.44 bits per heavy atom. The van der Waals surface area contributed by atoms with E-state index in [1.807, 2.05) is 0 Å². The SMILES string of the molecule is Cc1cc(N2C(=O)N(c3ccc(C#N)c(C(F)(F)F)c3)[C@H]3COCC[C@@H]32)ccc1C(=O)O. The Labute approximate surface area is 181 Å². The normalized spacial score (nSPS) is 20.8. The molecule has 2 aliphatic heterocycles. The smallest absolute Gasteiger partial charge is 0.417 e. The maximum Gasteiger partial charge on any atom is 0.417 e. The van der Waals surface area contributed by atoms with Gasteiger partial charge in [0, 0.05) is 18.0 Å². The Bertz CT molecular complexity index is 1140. The molecule has 2 atom stereocenters. The molecule has 0 unspecified atom stereocenters. The van der Waals surface area contributed by atoms with Crippen LogP contribution in [0.25, 0.3) is 0 Å².